The van der Waals surface area contributed by atoms with E-state index in [-0.39, 0.29) is 12.1 Å². The van der Waals surface area contributed by atoms with E-state index in [0.717, 1.165) is 36.3 Å². The van der Waals surface area contributed by atoms with E-state index in [1.165, 1.54) is 0 Å². The molecule has 0 atom stereocenters. The number of nitrogens with zero attached hydrogens (tertiary/aromatic N) is 1. The van der Waals surface area contributed by atoms with Gasteiger partial charge in [0.1, 0.15) is 11.6 Å². The maximum Gasteiger partial charge on any atom is 0.329 e. The smallest absolute Gasteiger partial charge is 0.329 e. The number of rotatable bonds is 1. The van der Waals surface area contributed by atoms with Gasteiger partial charge in [0.05, 0.1) is 17.6 Å². The van der Waals surface area contributed by atoms with E-state index in [0.29, 0.717) is 6.07 Å². The van der Waals surface area contributed by atoms with Crippen molar-refractivity contribution in [3.8, 4) is 0 Å². The first-order valence-electron chi connectivity index (χ1n) is 6.11. The molecule has 0 bridgehead atoms. The Morgan fingerprint density at radius 1 is 1.21 bits per heavy atom. The first-order chi connectivity index (χ1) is 9.01. The first-order valence-corrected chi connectivity index (χ1v) is 6.11. The average Bonchev–Trinajstić information content (AvgIpc) is 2.28. The highest BCUT2D eigenvalue weighted by atomic mass is 19.1. The van der Waals surface area contributed by atoms with Crippen LogP contribution in [-0.2, 0) is 4.79 Å². The third-order valence-electron chi connectivity index (χ3n) is 3.78. The lowest BCUT2D eigenvalue weighted by molar-refractivity contribution is -0.121. The molecule has 1 N–H and O–H groups in total. The minimum Gasteiger partial charge on any atom is -0.331 e. The van der Waals surface area contributed by atoms with E-state index in [1.807, 2.05) is 0 Å². The van der Waals surface area contributed by atoms with Crippen LogP contribution < -0.4 is 10.2 Å². The Labute approximate surface area is 108 Å². The van der Waals surface area contributed by atoms with Crippen LogP contribution in [0.4, 0.5) is 19.3 Å². The zero-order chi connectivity index (χ0) is 13.6. The van der Waals surface area contributed by atoms with Gasteiger partial charge in [-0.3, -0.25) is 4.79 Å². The van der Waals surface area contributed by atoms with Crippen molar-refractivity contribution in [1.82, 2.24) is 5.32 Å². The molecule has 1 heterocycles. The summed E-state index contributed by atoms with van der Waals surface area (Å²) >= 11 is 0. The molecule has 0 aromatic heterocycles. The monoisotopic (exact) mass is 266 g/mol. The fourth-order valence-electron chi connectivity index (χ4n) is 2.62. The number of benzene rings is 1. The van der Waals surface area contributed by atoms with Gasteiger partial charge in [-0.2, -0.15) is 0 Å². The van der Waals surface area contributed by atoms with Crippen molar-refractivity contribution in [2.45, 2.75) is 31.2 Å². The molecule has 1 aliphatic carbocycles. The summed E-state index contributed by atoms with van der Waals surface area (Å²) in [4.78, 5) is 24.8. The van der Waals surface area contributed by atoms with Gasteiger partial charge in [0.2, 0.25) is 5.91 Å². The molecule has 1 aromatic rings. The molecule has 0 unspecified atom stereocenters. The van der Waals surface area contributed by atoms with Gasteiger partial charge in [-0.05, 0) is 31.4 Å². The summed E-state index contributed by atoms with van der Waals surface area (Å²) in [6, 6.07) is 2.14. The maximum absolute atomic E-state index is 13.7. The van der Waals surface area contributed by atoms with Crippen LogP contribution >= 0.6 is 0 Å². The Kier molecular flexibility index (Phi) is 2.55. The zero-order valence-corrected chi connectivity index (χ0v) is 10.1. The third-order valence-corrected chi connectivity index (χ3v) is 3.78. The molecule has 3 rings (SSSR count). The van der Waals surface area contributed by atoms with Crippen LogP contribution in [0.3, 0.4) is 0 Å². The highest BCUT2D eigenvalue weighted by Gasteiger charge is 2.47. The molecule has 2 fully saturated rings. The van der Waals surface area contributed by atoms with Crippen molar-refractivity contribution in [3.05, 3.63) is 29.8 Å². The second-order valence-corrected chi connectivity index (χ2v) is 5.07. The summed E-state index contributed by atoms with van der Waals surface area (Å²) in [7, 11) is 0. The van der Waals surface area contributed by atoms with Crippen molar-refractivity contribution in [3.63, 3.8) is 0 Å². The lowest BCUT2D eigenvalue weighted by Crippen LogP contribution is -2.65. The molecule has 1 aromatic carbocycles. The van der Waals surface area contributed by atoms with Crippen LogP contribution in [0.25, 0.3) is 0 Å². The molecule has 1 spiro atoms. The Morgan fingerprint density at radius 3 is 2.47 bits per heavy atom. The van der Waals surface area contributed by atoms with Crippen LogP contribution in [0, 0.1) is 11.6 Å². The standard InChI is InChI=1S/C13H12F2N2O2/c14-8-2-3-10(9(15)6-8)17-11(18)7-13(4-1-5-13)16-12(17)19/h2-3,6H,1,4-5,7H2,(H,16,19). The second-order valence-electron chi connectivity index (χ2n) is 5.07. The van der Waals surface area contributed by atoms with Crippen molar-refractivity contribution in [2.75, 3.05) is 4.90 Å². The summed E-state index contributed by atoms with van der Waals surface area (Å²) in [6.45, 7) is 0. The minimum atomic E-state index is -0.923. The highest BCUT2D eigenvalue weighted by molar-refractivity contribution is 6.16. The molecule has 0 radical (unpaired) electrons. The Balaban J connectivity index is 1.92. The quantitative estimate of drug-likeness (QED) is 0.848. The number of hydrogen-bond acceptors (Lipinski definition) is 2. The number of carbonyl (C=O) groups is 2. The second kappa shape index (κ2) is 4.01. The first kappa shape index (κ1) is 12.1. The van der Waals surface area contributed by atoms with Gasteiger partial charge in [-0.1, -0.05) is 0 Å². The molecular formula is C13H12F2N2O2. The predicted molar refractivity (Wildman–Crippen MR) is 63.6 cm³/mol. The van der Waals surface area contributed by atoms with E-state index < -0.39 is 29.1 Å². The molecule has 1 saturated carbocycles. The summed E-state index contributed by atoms with van der Waals surface area (Å²) in [5.74, 6) is -2.12. The van der Waals surface area contributed by atoms with Crippen molar-refractivity contribution >= 4 is 17.6 Å². The van der Waals surface area contributed by atoms with E-state index in [9.17, 15) is 18.4 Å². The van der Waals surface area contributed by atoms with Crippen LogP contribution in [0.2, 0.25) is 0 Å². The van der Waals surface area contributed by atoms with Gasteiger partial charge in [-0.25, -0.2) is 18.5 Å². The van der Waals surface area contributed by atoms with E-state index in [1.54, 1.807) is 0 Å². The molecule has 1 saturated heterocycles. The largest absolute Gasteiger partial charge is 0.331 e. The van der Waals surface area contributed by atoms with Crippen LogP contribution in [0.1, 0.15) is 25.7 Å². The molecule has 6 heteroatoms. The molecule has 2 aliphatic rings. The van der Waals surface area contributed by atoms with Gasteiger partial charge in [0, 0.05) is 6.07 Å². The Morgan fingerprint density at radius 2 is 1.95 bits per heavy atom. The van der Waals surface area contributed by atoms with Crippen molar-refractivity contribution < 1.29 is 18.4 Å². The zero-order valence-electron chi connectivity index (χ0n) is 10.1. The number of urea groups is 1. The van der Waals surface area contributed by atoms with E-state index >= 15 is 0 Å². The molecule has 100 valence electrons. The lowest BCUT2D eigenvalue weighted by Gasteiger charge is -2.47. The Hall–Kier alpha value is -1.98. The number of amides is 3. The number of anilines is 1. The predicted octanol–water partition coefficient (Wildman–Crippen LogP) is 2.33. The molecule has 1 aliphatic heterocycles. The molecular weight excluding hydrogens is 254 g/mol. The number of hydrogen-bond donors (Lipinski definition) is 1. The van der Waals surface area contributed by atoms with Gasteiger partial charge < -0.3 is 5.32 Å². The summed E-state index contributed by atoms with van der Waals surface area (Å²) in [5, 5.41) is 2.76. The summed E-state index contributed by atoms with van der Waals surface area (Å²) in [6.07, 6.45) is 2.67. The number of carbonyl (C=O) groups excluding carboxylic acids is 2. The highest BCUT2D eigenvalue weighted by Crippen LogP contribution is 2.38. The van der Waals surface area contributed by atoms with Crippen LogP contribution in [0.15, 0.2) is 18.2 Å². The van der Waals surface area contributed by atoms with Gasteiger partial charge in [-0.15, -0.1) is 0 Å². The van der Waals surface area contributed by atoms with Crippen LogP contribution in [-0.4, -0.2) is 17.5 Å². The Bertz CT molecular complexity index is 550. The summed E-state index contributed by atoms with van der Waals surface area (Å²) in [5.41, 5.74) is -0.653. The third kappa shape index (κ3) is 1.87. The topological polar surface area (TPSA) is 49.4 Å². The van der Waals surface area contributed by atoms with Crippen LogP contribution in [0.5, 0.6) is 0 Å². The maximum atomic E-state index is 13.7. The van der Waals surface area contributed by atoms with Crippen molar-refractivity contribution in [1.29, 1.82) is 0 Å². The van der Waals surface area contributed by atoms with Crippen molar-refractivity contribution in [2.24, 2.45) is 0 Å². The van der Waals surface area contributed by atoms with Gasteiger partial charge in [0.25, 0.3) is 0 Å². The van der Waals surface area contributed by atoms with Gasteiger partial charge in [0.15, 0.2) is 0 Å². The number of imide groups is 1. The molecule has 19 heavy (non-hydrogen) atoms. The van der Waals surface area contributed by atoms with Gasteiger partial charge >= 0.3 is 6.03 Å². The average molecular weight is 266 g/mol. The normalized spacial score (nSPS) is 21.3. The minimum absolute atomic E-state index is 0.162. The number of nitrogens with one attached hydrogen (secondary N) is 1. The SMILES string of the molecule is O=C1CC2(CCC2)NC(=O)N1c1ccc(F)cc1F. The molecule has 3 amide bonds. The number of halogens is 2. The lowest BCUT2D eigenvalue weighted by atomic mass is 9.73. The summed E-state index contributed by atoms with van der Waals surface area (Å²) < 4.78 is 26.5. The molecule has 4 nitrogen and oxygen atoms in total. The fourth-order valence-corrected chi connectivity index (χ4v) is 2.62. The fraction of sp³-hybridized carbons (Fsp3) is 0.385. The van der Waals surface area contributed by atoms with E-state index in [2.05, 4.69) is 5.32 Å². The van der Waals surface area contributed by atoms with E-state index in [4.69, 9.17) is 0 Å².